The predicted molar refractivity (Wildman–Crippen MR) is 66.6 cm³/mol. The third-order valence-corrected chi connectivity index (χ3v) is 2.63. The summed E-state index contributed by atoms with van der Waals surface area (Å²) in [5.41, 5.74) is 10.0. The zero-order chi connectivity index (χ0) is 13.2. The van der Waals surface area contributed by atoms with Crippen LogP contribution >= 0.6 is 11.6 Å². The number of nitrogens with two attached hydrogens (primary N) is 2. The van der Waals surface area contributed by atoms with Crippen molar-refractivity contribution in [3.8, 4) is 0 Å². The molecule has 5 nitrogen and oxygen atoms in total. The molecule has 0 fully saturated rings. The van der Waals surface area contributed by atoms with E-state index in [2.05, 4.69) is 5.32 Å². The van der Waals surface area contributed by atoms with Gasteiger partial charge in [-0.2, -0.15) is 0 Å². The van der Waals surface area contributed by atoms with Gasteiger partial charge >= 0.3 is 0 Å². The van der Waals surface area contributed by atoms with E-state index in [1.807, 2.05) is 0 Å². The Kier molecular flexibility index (Phi) is 3.63. The van der Waals surface area contributed by atoms with Crippen LogP contribution in [0.4, 0.5) is 5.69 Å². The summed E-state index contributed by atoms with van der Waals surface area (Å²) >= 11 is 5.88. The number of hydrogen-bond acceptors (Lipinski definition) is 3. The summed E-state index contributed by atoms with van der Waals surface area (Å²) in [5, 5.41) is 2.70. The first-order valence-corrected chi connectivity index (χ1v) is 5.30. The number of primary amides is 1. The van der Waals surface area contributed by atoms with Gasteiger partial charge in [0.05, 0.1) is 10.6 Å². The number of carbonyl (C=O) groups excluding carboxylic acids is 2. The second kappa shape index (κ2) is 4.63. The third-order valence-electron chi connectivity index (χ3n) is 2.31. The molecule has 0 aliphatic carbocycles. The fraction of sp³-hybridized carbons (Fsp3) is 0.273. The van der Waals surface area contributed by atoms with Gasteiger partial charge in [0.15, 0.2) is 0 Å². The lowest BCUT2D eigenvalue weighted by Gasteiger charge is -2.22. The number of benzene rings is 1. The third kappa shape index (κ3) is 2.88. The van der Waals surface area contributed by atoms with Crippen molar-refractivity contribution < 1.29 is 9.59 Å². The minimum Gasteiger partial charge on any atom is -0.398 e. The number of amides is 2. The monoisotopic (exact) mass is 255 g/mol. The van der Waals surface area contributed by atoms with Crippen LogP contribution in [0.25, 0.3) is 0 Å². The van der Waals surface area contributed by atoms with Crippen molar-refractivity contribution in [2.24, 2.45) is 5.73 Å². The molecule has 0 aliphatic rings. The van der Waals surface area contributed by atoms with Crippen LogP contribution in [0.3, 0.4) is 0 Å². The van der Waals surface area contributed by atoms with Crippen LogP contribution in [0.2, 0.25) is 5.02 Å². The SMILES string of the molecule is CC(C)(NC(=O)c1c(N)cccc1Cl)C(N)=O. The van der Waals surface area contributed by atoms with Crippen LogP contribution in [-0.4, -0.2) is 17.4 Å². The summed E-state index contributed by atoms with van der Waals surface area (Å²) in [6, 6.07) is 4.73. The van der Waals surface area contributed by atoms with E-state index in [1.54, 1.807) is 18.2 Å². The fourth-order valence-corrected chi connectivity index (χ4v) is 1.46. The summed E-state index contributed by atoms with van der Waals surface area (Å²) in [6.07, 6.45) is 0. The Morgan fingerprint density at radius 2 is 1.94 bits per heavy atom. The van der Waals surface area contributed by atoms with Gasteiger partial charge < -0.3 is 16.8 Å². The maximum absolute atomic E-state index is 11.9. The predicted octanol–water partition coefficient (Wildman–Crippen LogP) is 0.916. The molecule has 92 valence electrons. The molecule has 0 atom stereocenters. The molecule has 1 aromatic rings. The smallest absolute Gasteiger partial charge is 0.255 e. The molecule has 0 aromatic heterocycles. The molecule has 0 spiro atoms. The largest absolute Gasteiger partial charge is 0.398 e. The first-order valence-electron chi connectivity index (χ1n) is 4.92. The summed E-state index contributed by atoms with van der Waals surface area (Å²) in [7, 11) is 0. The van der Waals surface area contributed by atoms with Crippen molar-refractivity contribution >= 4 is 29.1 Å². The van der Waals surface area contributed by atoms with E-state index in [1.165, 1.54) is 13.8 Å². The number of nitrogen functional groups attached to an aromatic ring is 1. The van der Waals surface area contributed by atoms with Crippen LogP contribution in [0.5, 0.6) is 0 Å². The number of hydrogen-bond donors (Lipinski definition) is 3. The molecular weight excluding hydrogens is 242 g/mol. The zero-order valence-electron chi connectivity index (χ0n) is 9.58. The second-order valence-corrected chi connectivity index (χ2v) is 4.55. The van der Waals surface area contributed by atoms with Gasteiger partial charge in [-0.3, -0.25) is 9.59 Å². The lowest BCUT2D eigenvalue weighted by atomic mass is 10.0. The number of carbonyl (C=O) groups is 2. The van der Waals surface area contributed by atoms with Crippen molar-refractivity contribution in [1.82, 2.24) is 5.32 Å². The minimum atomic E-state index is -1.16. The molecule has 0 aliphatic heterocycles. The summed E-state index contributed by atoms with van der Waals surface area (Å²) in [4.78, 5) is 23.0. The number of anilines is 1. The van der Waals surface area contributed by atoms with E-state index in [9.17, 15) is 9.59 Å². The minimum absolute atomic E-state index is 0.142. The Hall–Kier alpha value is -1.75. The van der Waals surface area contributed by atoms with Gasteiger partial charge in [0.1, 0.15) is 5.54 Å². The quantitative estimate of drug-likeness (QED) is 0.701. The first kappa shape index (κ1) is 13.3. The Morgan fingerprint density at radius 1 is 1.35 bits per heavy atom. The Bertz CT molecular complexity index is 452. The van der Waals surface area contributed by atoms with Crippen LogP contribution in [-0.2, 0) is 4.79 Å². The van der Waals surface area contributed by atoms with Gasteiger partial charge in [-0.15, -0.1) is 0 Å². The van der Waals surface area contributed by atoms with Crippen molar-refractivity contribution in [2.45, 2.75) is 19.4 Å². The highest BCUT2D eigenvalue weighted by atomic mass is 35.5. The van der Waals surface area contributed by atoms with E-state index < -0.39 is 17.4 Å². The highest BCUT2D eigenvalue weighted by Crippen LogP contribution is 2.22. The van der Waals surface area contributed by atoms with Crippen LogP contribution in [0.15, 0.2) is 18.2 Å². The van der Waals surface area contributed by atoms with E-state index in [4.69, 9.17) is 23.1 Å². The highest BCUT2D eigenvalue weighted by molar-refractivity contribution is 6.34. The Labute approximate surface area is 104 Å². The van der Waals surface area contributed by atoms with Gasteiger partial charge in [-0.25, -0.2) is 0 Å². The lowest BCUT2D eigenvalue weighted by molar-refractivity contribution is -0.122. The van der Waals surface area contributed by atoms with E-state index in [-0.39, 0.29) is 16.3 Å². The maximum Gasteiger partial charge on any atom is 0.255 e. The van der Waals surface area contributed by atoms with Crippen LogP contribution in [0, 0.1) is 0 Å². The molecule has 0 unspecified atom stereocenters. The number of rotatable bonds is 3. The van der Waals surface area contributed by atoms with Gasteiger partial charge in [0.25, 0.3) is 5.91 Å². The molecule has 0 bridgehead atoms. The van der Waals surface area contributed by atoms with Crippen LogP contribution in [0.1, 0.15) is 24.2 Å². The molecule has 6 heteroatoms. The Balaban J connectivity index is 3.03. The molecule has 17 heavy (non-hydrogen) atoms. The average molecular weight is 256 g/mol. The van der Waals surface area contributed by atoms with Gasteiger partial charge in [-0.1, -0.05) is 17.7 Å². The topological polar surface area (TPSA) is 98.2 Å². The number of halogens is 1. The van der Waals surface area contributed by atoms with E-state index in [0.717, 1.165) is 0 Å². The Morgan fingerprint density at radius 3 is 2.41 bits per heavy atom. The first-order chi connectivity index (χ1) is 7.75. The molecular formula is C11H14ClN3O2. The summed E-state index contributed by atoms with van der Waals surface area (Å²) in [6.45, 7) is 3.00. The van der Waals surface area contributed by atoms with Crippen molar-refractivity contribution in [3.63, 3.8) is 0 Å². The van der Waals surface area contributed by atoms with Crippen molar-refractivity contribution in [2.75, 3.05) is 5.73 Å². The maximum atomic E-state index is 11.9. The highest BCUT2D eigenvalue weighted by Gasteiger charge is 2.28. The van der Waals surface area contributed by atoms with E-state index in [0.29, 0.717) is 0 Å². The van der Waals surface area contributed by atoms with Gasteiger partial charge in [0.2, 0.25) is 5.91 Å². The van der Waals surface area contributed by atoms with Crippen molar-refractivity contribution in [1.29, 1.82) is 0 Å². The molecule has 0 radical (unpaired) electrons. The molecule has 0 heterocycles. The molecule has 0 saturated heterocycles. The molecule has 2 amide bonds. The molecule has 1 rings (SSSR count). The van der Waals surface area contributed by atoms with Crippen LogP contribution < -0.4 is 16.8 Å². The molecule has 1 aromatic carbocycles. The van der Waals surface area contributed by atoms with E-state index >= 15 is 0 Å². The fourth-order valence-electron chi connectivity index (χ4n) is 1.19. The second-order valence-electron chi connectivity index (χ2n) is 4.15. The van der Waals surface area contributed by atoms with Gasteiger partial charge in [-0.05, 0) is 26.0 Å². The summed E-state index contributed by atoms with van der Waals surface area (Å²) in [5.74, 6) is -1.17. The van der Waals surface area contributed by atoms with Crippen molar-refractivity contribution in [3.05, 3.63) is 28.8 Å². The molecule has 5 N–H and O–H groups in total. The molecule has 0 saturated carbocycles. The number of nitrogens with one attached hydrogen (secondary N) is 1. The average Bonchev–Trinajstić information content (AvgIpc) is 2.15. The summed E-state index contributed by atoms with van der Waals surface area (Å²) < 4.78 is 0. The lowest BCUT2D eigenvalue weighted by Crippen LogP contribution is -2.53. The zero-order valence-corrected chi connectivity index (χ0v) is 10.3. The van der Waals surface area contributed by atoms with Gasteiger partial charge in [0, 0.05) is 5.69 Å². The standard InChI is InChI=1S/C11H14ClN3O2/c1-11(2,10(14)17)15-9(16)8-6(12)4-3-5-7(8)13/h3-5H,13H2,1-2H3,(H2,14,17)(H,15,16). The normalized spacial score (nSPS) is 11.0.